The molecule has 1 N–H and O–H groups in total. The number of ether oxygens (including phenoxy) is 2. The van der Waals surface area contributed by atoms with Gasteiger partial charge in [0.25, 0.3) is 0 Å². The second-order valence-corrected chi connectivity index (χ2v) is 5.85. The van der Waals surface area contributed by atoms with Crippen molar-refractivity contribution in [3.8, 4) is 5.75 Å². The van der Waals surface area contributed by atoms with Crippen LogP contribution >= 0.6 is 0 Å². The standard InChI is InChI=1S/C18H31NO2/c1-6-19(7-2)10-11-20-12-13-21-18-14-17(15(3)4)9-8-16(18)5/h8-9,14-15H,6-7,10-13H2,1-5H3/p+1. The highest BCUT2D eigenvalue weighted by atomic mass is 16.5. The van der Waals surface area contributed by atoms with Crippen LogP contribution in [-0.2, 0) is 4.74 Å². The molecular formula is C18H32NO2+. The lowest BCUT2D eigenvalue weighted by molar-refractivity contribution is -0.896. The maximum Gasteiger partial charge on any atom is 0.122 e. The molecule has 0 spiro atoms. The molecule has 0 heterocycles. The predicted octanol–water partition coefficient (Wildman–Crippen LogP) is 2.44. The van der Waals surface area contributed by atoms with Crippen molar-refractivity contribution in [1.82, 2.24) is 0 Å². The minimum Gasteiger partial charge on any atom is -0.491 e. The van der Waals surface area contributed by atoms with Gasteiger partial charge < -0.3 is 14.4 Å². The number of likely N-dealkylation sites (N-methyl/N-ethyl adjacent to an activating group) is 1. The molecule has 0 aliphatic heterocycles. The van der Waals surface area contributed by atoms with E-state index in [0.717, 1.165) is 32.0 Å². The summed E-state index contributed by atoms with van der Waals surface area (Å²) in [4.78, 5) is 1.58. The number of hydrogen-bond donors (Lipinski definition) is 1. The third kappa shape index (κ3) is 6.49. The van der Waals surface area contributed by atoms with Crippen LogP contribution in [-0.4, -0.2) is 39.5 Å². The molecule has 120 valence electrons. The molecule has 0 bridgehead atoms. The van der Waals surface area contributed by atoms with E-state index in [1.807, 2.05) is 0 Å². The minimum absolute atomic E-state index is 0.529. The van der Waals surface area contributed by atoms with Crippen LogP contribution in [0.3, 0.4) is 0 Å². The molecule has 0 amide bonds. The van der Waals surface area contributed by atoms with Crippen LogP contribution in [0.5, 0.6) is 5.75 Å². The summed E-state index contributed by atoms with van der Waals surface area (Å²) in [6.07, 6.45) is 0. The molecule has 3 heteroatoms. The Bertz CT molecular complexity index is 400. The SMILES string of the molecule is CC[NH+](CC)CCOCCOc1cc(C(C)C)ccc1C. The van der Waals surface area contributed by atoms with Crippen LogP contribution in [0.1, 0.15) is 44.7 Å². The average molecular weight is 294 g/mol. The summed E-state index contributed by atoms with van der Waals surface area (Å²) < 4.78 is 11.5. The van der Waals surface area contributed by atoms with Crippen molar-refractivity contribution in [2.45, 2.75) is 40.5 Å². The summed E-state index contributed by atoms with van der Waals surface area (Å²) in [7, 11) is 0. The zero-order valence-electron chi connectivity index (χ0n) is 14.4. The molecule has 0 saturated carbocycles. The van der Waals surface area contributed by atoms with Crippen molar-refractivity contribution in [3.63, 3.8) is 0 Å². The maximum absolute atomic E-state index is 5.86. The second kappa shape index (κ2) is 9.80. The van der Waals surface area contributed by atoms with E-state index in [1.54, 1.807) is 4.90 Å². The van der Waals surface area contributed by atoms with Gasteiger partial charge in [-0.1, -0.05) is 26.0 Å². The molecule has 0 atom stereocenters. The number of benzene rings is 1. The third-order valence-electron chi connectivity index (χ3n) is 3.96. The lowest BCUT2D eigenvalue weighted by Gasteiger charge is -2.15. The van der Waals surface area contributed by atoms with Gasteiger partial charge in [0.2, 0.25) is 0 Å². The fourth-order valence-electron chi connectivity index (χ4n) is 2.26. The summed E-state index contributed by atoms with van der Waals surface area (Å²) in [5.74, 6) is 1.51. The van der Waals surface area contributed by atoms with Crippen LogP contribution < -0.4 is 9.64 Å². The molecule has 1 aromatic carbocycles. The van der Waals surface area contributed by atoms with Crippen LogP contribution in [0.2, 0.25) is 0 Å². The minimum atomic E-state index is 0.529. The maximum atomic E-state index is 5.86. The molecule has 0 radical (unpaired) electrons. The van der Waals surface area contributed by atoms with Gasteiger partial charge in [0.15, 0.2) is 0 Å². The van der Waals surface area contributed by atoms with E-state index in [0.29, 0.717) is 19.1 Å². The first-order chi connectivity index (χ1) is 10.1. The first-order valence-electron chi connectivity index (χ1n) is 8.23. The van der Waals surface area contributed by atoms with Gasteiger partial charge in [-0.25, -0.2) is 0 Å². The Morgan fingerprint density at radius 3 is 2.38 bits per heavy atom. The summed E-state index contributed by atoms with van der Waals surface area (Å²) in [5, 5.41) is 0. The van der Waals surface area contributed by atoms with Gasteiger partial charge in [0, 0.05) is 0 Å². The lowest BCUT2D eigenvalue weighted by Crippen LogP contribution is -3.11. The molecule has 21 heavy (non-hydrogen) atoms. The van der Waals surface area contributed by atoms with Crippen LogP contribution in [0, 0.1) is 6.92 Å². The number of rotatable bonds is 10. The Labute approximate surface area is 130 Å². The average Bonchev–Trinajstić information content (AvgIpc) is 2.48. The molecule has 1 aromatic rings. The van der Waals surface area contributed by atoms with Crippen molar-refractivity contribution >= 4 is 0 Å². The van der Waals surface area contributed by atoms with Crippen LogP contribution in [0.15, 0.2) is 18.2 Å². The Hall–Kier alpha value is -1.06. The van der Waals surface area contributed by atoms with Crippen molar-refractivity contribution in [2.24, 2.45) is 0 Å². The molecule has 3 nitrogen and oxygen atoms in total. The van der Waals surface area contributed by atoms with Gasteiger partial charge in [0.05, 0.1) is 26.3 Å². The van der Waals surface area contributed by atoms with E-state index in [2.05, 4.69) is 52.8 Å². The normalized spacial score (nSPS) is 11.4. The lowest BCUT2D eigenvalue weighted by atomic mass is 10.0. The smallest absolute Gasteiger partial charge is 0.122 e. The molecule has 0 aliphatic carbocycles. The molecular weight excluding hydrogens is 262 g/mol. The number of nitrogens with one attached hydrogen (secondary N) is 1. The van der Waals surface area contributed by atoms with Gasteiger partial charge in [0.1, 0.15) is 18.9 Å². The Balaban J connectivity index is 2.28. The van der Waals surface area contributed by atoms with Gasteiger partial charge >= 0.3 is 0 Å². The second-order valence-electron chi connectivity index (χ2n) is 5.85. The number of quaternary nitrogens is 1. The highest BCUT2D eigenvalue weighted by Crippen LogP contribution is 2.24. The summed E-state index contributed by atoms with van der Waals surface area (Å²) in [6.45, 7) is 16.4. The van der Waals surface area contributed by atoms with E-state index in [-0.39, 0.29) is 0 Å². The Kier molecular flexibility index (Phi) is 8.40. The van der Waals surface area contributed by atoms with Gasteiger partial charge in [-0.2, -0.15) is 0 Å². The fraction of sp³-hybridized carbons (Fsp3) is 0.667. The monoisotopic (exact) mass is 294 g/mol. The molecule has 1 rings (SSSR count). The van der Waals surface area contributed by atoms with Crippen LogP contribution in [0.25, 0.3) is 0 Å². The van der Waals surface area contributed by atoms with E-state index < -0.39 is 0 Å². The Morgan fingerprint density at radius 2 is 1.76 bits per heavy atom. The summed E-state index contributed by atoms with van der Waals surface area (Å²) >= 11 is 0. The molecule has 0 fully saturated rings. The van der Waals surface area contributed by atoms with E-state index in [4.69, 9.17) is 9.47 Å². The molecule has 0 saturated heterocycles. The van der Waals surface area contributed by atoms with Crippen molar-refractivity contribution < 1.29 is 14.4 Å². The highest BCUT2D eigenvalue weighted by molar-refractivity contribution is 5.37. The largest absolute Gasteiger partial charge is 0.491 e. The molecule has 0 aliphatic rings. The van der Waals surface area contributed by atoms with Gasteiger partial charge in [-0.05, 0) is 43.9 Å². The Morgan fingerprint density at radius 1 is 1.05 bits per heavy atom. The quantitative estimate of drug-likeness (QED) is 0.670. The van der Waals surface area contributed by atoms with Crippen molar-refractivity contribution in [2.75, 3.05) is 39.5 Å². The van der Waals surface area contributed by atoms with E-state index in [9.17, 15) is 0 Å². The molecule has 0 aromatic heterocycles. The zero-order valence-corrected chi connectivity index (χ0v) is 14.4. The van der Waals surface area contributed by atoms with E-state index >= 15 is 0 Å². The van der Waals surface area contributed by atoms with Crippen molar-refractivity contribution in [1.29, 1.82) is 0 Å². The first-order valence-corrected chi connectivity index (χ1v) is 8.23. The van der Waals surface area contributed by atoms with Crippen molar-refractivity contribution in [3.05, 3.63) is 29.3 Å². The number of hydrogen-bond acceptors (Lipinski definition) is 2. The van der Waals surface area contributed by atoms with Crippen LogP contribution in [0.4, 0.5) is 0 Å². The third-order valence-corrected chi connectivity index (χ3v) is 3.96. The predicted molar refractivity (Wildman–Crippen MR) is 88.5 cm³/mol. The highest BCUT2D eigenvalue weighted by Gasteiger charge is 2.05. The van der Waals surface area contributed by atoms with Gasteiger partial charge in [-0.15, -0.1) is 0 Å². The molecule has 0 unspecified atom stereocenters. The van der Waals surface area contributed by atoms with E-state index in [1.165, 1.54) is 11.1 Å². The summed E-state index contributed by atoms with van der Waals surface area (Å²) in [6, 6.07) is 6.46. The van der Waals surface area contributed by atoms with Gasteiger partial charge in [-0.3, -0.25) is 0 Å². The fourth-order valence-corrected chi connectivity index (χ4v) is 2.26. The summed E-state index contributed by atoms with van der Waals surface area (Å²) in [5.41, 5.74) is 2.51. The topological polar surface area (TPSA) is 22.9 Å². The first kappa shape index (κ1) is 18.0. The number of aryl methyl sites for hydroxylation is 1. The zero-order chi connectivity index (χ0) is 15.7.